The maximum Gasteiger partial charge on any atom is 0.261 e. The molecule has 0 bridgehead atoms. The highest BCUT2D eigenvalue weighted by Crippen LogP contribution is 2.23. The number of para-hydroxylation sites is 2. The van der Waals surface area contributed by atoms with Crippen molar-refractivity contribution in [3.05, 3.63) is 106 Å². The molecule has 164 valence electrons. The molecule has 0 atom stereocenters. The van der Waals surface area contributed by atoms with Crippen LogP contribution in [0.1, 0.15) is 11.7 Å². The van der Waals surface area contributed by atoms with Gasteiger partial charge in [-0.15, -0.1) is 10.2 Å². The molecule has 0 aliphatic carbocycles. The van der Waals surface area contributed by atoms with Gasteiger partial charge >= 0.3 is 0 Å². The Morgan fingerprint density at radius 2 is 1.64 bits per heavy atom. The van der Waals surface area contributed by atoms with Crippen molar-refractivity contribution < 1.29 is 4.42 Å². The highest BCUT2D eigenvalue weighted by atomic mass is 35.5. The van der Waals surface area contributed by atoms with E-state index in [2.05, 4.69) is 15.1 Å². The summed E-state index contributed by atoms with van der Waals surface area (Å²) in [5, 5.41) is 9.65. The monoisotopic (exact) mass is 457 g/mol. The van der Waals surface area contributed by atoms with Crippen molar-refractivity contribution in [1.82, 2.24) is 19.7 Å². The Kier molecular flexibility index (Phi) is 5.62. The smallest absolute Gasteiger partial charge is 0.261 e. The number of fused-ring (bicyclic) bond motifs is 1. The first-order chi connectivity index (χ1) is 16.1. The minimum atomic E-state index is -0.0774. The van der Waals surface area contributed by atoms with Crippen LogP contribution in [0.2, 0.25) is 5.02 Å². The minimum Gasteiger partial charge on any atom is -0.419 e. The van der Waals surface area contributed by atoms with E-state index in [1.807, 2.05) is 60.7 Å². The number of anilines is 1. The Balaban J connectivity index is 1.48. The molecule has 8 heteroatoms. The molecule has 0 saturated carbocycles. The molecule has 3 aromatic carbocycles. The predicted molar refractivity (Wildman–Crippen MR) is 128 cm³/mol. The predicted octanol–water partition coefficient (Wildman–Crippen LogP) is 4.84. The van der Waals surface area contributed by atoms with Gasteiger partial charge in [-0.3, -0.25) is 9.36 Å². The van der Waals surface area contributed by atoms with Gasteiger partial charge in [0.05, 0.1) is 24.0 Å². The van der Waals surface area contributed by atoms with Gasteiger partial charge in [0.1, 0.15) is 5.82 Å². The van der Waals surface area contributed by atoms with Gasteiger partial charge < -0.3 is 9.32 Å². The first kappa shape index (κ1) is 20.9. The second-order valence-corrected chi connectivity index (χ2v) is 8.05. The van der Waals surface area contributed by atoms with Crippen LogP contribution in [0.25, 0.3) is 22.4 Å². The number of hydrogen-bond donors (Lipinski definition) is 0. The summed E-state index contributed by atoms with van der Waals surface area (Å²) in [5.41, 5.74) is 2.34. The SMILES string of the molecule is Cn1c(CN(Cc2nnc(-c3ccc(Cl)cc3)o2)c2ccccc2)nc2ccccc2c1=O. The number of benzene rings is 3. The van der Waals surface area contributed by atoms with Crippen molar-refractivity contribution in [2.75, 3.05) is 4.90 Å². The zero-order valence-electron chi connectivity index (χ0n) is 17.9. The fourth-order valence-electron chi connectivity index (χ4n) is 3.64. The molecule has 0 fully saturated rings. The summed E-state index contributed by atoms with van der Waals surface area (Å²) in [4.78, 5) is 19.7. The Labute approximate surface area is 194 Å². The van der Waals surface area contributed by atoms with E-state index in [9.17, 15) is 4.79 Å². The third kappa shape index (κ3) is 4.36. The summed E-state index contributed by atoms with van der Waals surface area (Å²) in [7, 11) is 1.74. The second-order valence-electron chi connectivity index (χ2n) is 7.61. The van der Waals surface area contributed by atoms with E-state index in [-0.39, 0.29) is 5.56 Å². The van der Waals surface area contributed by atoms with Crippen molar-refractivity contribution in [3.63, 3.8) is 0 Å². The van der Waals surface area contributed by atoms with Gasteiger partial charge in [-0.2, -0.15) is 0 Å². The van der Waals surface area contributed by atoms with Gasteiger partial charge in [-0.25, -0.2) is 4.98 Å². The van der Waals surface area contributed by atoms with Crippen molar-refractivity contribution in [2.24, 2.45) is 7.05 Å². The largest absolute Gasteiger partial charge is 0.419 e. The highest BCUT2D eigenvalue weighted by molar-refractivity contribution is 6.30. The van der Waals surface area contributed by atoms with Crippen LogP contribution in [-0.4, -0.2) is 19.7 Å². The summed E-state index contributed by atoms with van der Waals surface area (Å²) in [6, 6.07) is 24.5. The molecule has 33 heavy (non-hydrogen) atoms. The second kappa shape index (κ2) is 8.88. The van der Waals surface area contributed by atoms with Crippen LogP contribution in [0.4, 0.5) is 5.69 Å². The van der Waals surface area contributed by atoms with Gasteiger partial charge in [0.15, 0.2) is 0 Å². The first-order valence-corrected chi connectivity index (χ1v) is 10.8. The van der Waals surface area contributed by atoms with E-state index in [1.54, 1.807) is 29.8 Å². The summed E-state index contributed by atoms with van der Waals surface area (Å²) in [6.45, 7) is 0.743. The number of nitrogens with zero attached hydrogens (tertiary/aromatic N) is 5. The lowest BCUT2D eigenvalue weighted by atomic mass is 10.2. The van der Waals surface area contributed by atoms with Gasteiger partial charge in [0.25, 0.3) is 5.56 Å². The van der Waals surface area contributed by atoms with E-state index < -0.39 is 0 Å². The molecule has 0 N–H and O–H groups in total. The summed E-state index contributed by atoms with van der Waals surface area (Å²) < 4.78 is 7.52. The molecule has 2 aromatic heterocycles. The Hall–Kier alpha value is -3.97. The molecule has 5 rings (SSSR count). The van der Waals surface area contributed by atoms with Crippen LogP contribution in [0.5, 0.6) is 0 Å². The van der Waals surface area contributed by atoms with Crippen LogP contribution < -0.4 is 10.5 Å². The van der Waals surface area contributed by atoms with Crippen molar-refractivity contribution in [2.45, 2.75) is 13.1 Å². The molecule has 0 spiro atoms. The van der Waals surface area contributed by atoms with Crippen molar-refractivity contribution >= 4 is 28.2 Å². The number of aromatic nitrogens is 4. The van der Waals surface area contributed by atoms with Gasteiger partial charge in [-0.05, 0) is 48.5 Å². The normalized spacial score (nSPS) is 11.1. The van der Waals surface area contributed by atoms with Crippen LogP contribution in [0, 0.1) is 0 Å². The lowest BCUT2D eigenvalue weighted by molar-refractivity contribution is 0.494. The van der Waals surface area contributed by atoms with Gasteiger partial charge in [-0.1, -0.05) is 41.9 Å². The fraction of sp³-hybridized carbons (Fsp3) is 0.120. The number of halogens is 1. The highest BCUT2D eigenvalue weighted by Gasteiger charge is 2.17. The zero-order valence-corrected chi connectivity index (χ0v) is 18.6. The maximum atomic E-state index is 12.9. The Morgan fingerprint density at radius 3 is 2.42 bits per heavy atom. The standard InChI is InChI=1S/C25H20ClN5O2/c1-30-22(27-21-10-6-5-9-20(21)25(30)32)15-31(19-7-3-2-4-8-19)16-23-28-29-24(33-23)17-11-13-18(26)14-12-17/h2-14H,15-16H2,1H3. The Bertz CT molecular complexity index is 1460. The minimum absolute atomic E-state index is 0.0774. The molecule has 0 unspecified atom stereocenters. The fourth-order valence-corrected chi connectivity index (χ4v) is 3.77. The van der Waals surface area contributed by atoms with Crippen LogP contribution in [0.15, 0.2) is 88.1 Å². The van der Waals surface area contributed by atoms with Crippen molar-refractivity contribution in [1.29, 1.82) is 0 Å². The third-order valence-corrected chi connectivity index (χ3v) is 5.67. The van der Waals surface area contributed by atoms with E-state index in [0.29, 0.717) is 46.6 Å². The molecule has 0 aliphatic rings. The molecule has 5 aromatic rings. The van der Waals surface area contributed by atoms with Gasteiger partial charge in [0.2, 0.25) is 11.8 Å². The number of rotatable bonds is 6. The van der Waals surface area contributed by atoms with Crippen molar-refractivity contribution in [3.8, 4) is 11.5 Å². The molecular weight excluding hydrogens is 438 g/mol. The Morgan fingerprint density at radius 1 is 0.909 bits per heavy atom. The average molecular weight is 458 g/mol. The number of hydrogen-bond acceptors (Lipinski definition) is 6. The first-order valence-electron chi connectivity index (χ1n) is 10.4. The van der Waals surface area contributed by atoms with Crippen LogP contribution >= 0.6 is 11.6 Å². The molecule has 0 saturated heterocycles. The topological polar surface area (TPSA) is 77.1 Å². The van der Waals surface area contributed by atoms with Crippen LogP contribution in [-0.2, 0) is 20.1 Å². The average Bonchev–Trinajstić information content (AvgIpc) is 3.31. The molecule has 0 radical (unpaired) electrons. The molecule has 2 heterocycles. The van der Waals surface area contributed by atoms with E-state index in [0.717, 1.165) is 11.3 Å². The molecule has 7 nitrogen and oxygen atoms in total. The van der Waals surface area contributed by atoms with E-state index in [4.69, 9.17) is 21.0 Å². The zero-order chi connectivity index (χ0) is 22.8. The van der Waals surface area contributed by atoms with Gasteiger partial charge in [0, 0.05) is 23.3 Å². The summed E-state index contributed by atoms with van der Waals surface area (Å²) >= 11 is 5.97. The third-order valence-electron chi connectivity index (χ3n) is 5.41. The quantitative estimate of drug-likeness (QED) is 0.363. The summed E-state index contributed by atoms with van der Waals surface area (Å²) in [6.07, 6.45) is 0. The maximum absolute atomic E-state index is 12.9. The molecular formula is C25H20ClN5O2. The van der Waals surface area contributed by atoms with E-state index >= 15 is 0 Å². The van der Waals surface area contributed by atoms with E-state index in [1.165, 1.54) is 0 Å². The lowest BCUT2D eigenvalue weighted by Crippen LogP contribution is -2.29. The summed E-state index contributed by atoms with van der Waals surface area (Å²) in [5.74, 6) is 1.51. The molecule has 0 amide bonds. The lowest BCUT2D eigenvalue weighted by Gasteiger charge is -2.24. The molecule has 0 aliphatic heterocycles. The van der Waals surface area contributed by atoms with Crippen LogP contribution in [0.3, 0.4) is 0 Å².